The average molecular weight is 227 g/mol. The second-order valence-electron chi connectivity index (χ2n) is 5.03. The van der Waals surface area contributed by atoms with Crippen molar-refractivity contribution in [3.8, 4) is 0 Å². The molecule has 2 atom stereocenters. The van der Waals surface area contributed by atoms with Gasteiger partial charge in [-0.1, -0.05) is 0 Å². The van der Waals surface area contributed by atoms with Crippen LogP contribution in [0.2, 0.25) is 0 Å². The lowest BCUT2D eigenvalue weighted by molar-refractivity contribution is 0.103. The maximum absolute atomic E-state index is 5.80. The Morgan fingerprint density at radius 1 is 1.31 bits per heavy atom. The predicted molar refractivity (Wildman–Crippen MR) is 65.5 cm³/mol. The van der Waals surface area contributed by atoms with E-state index < -0.39 is 0 Å². The fraction of sp³-hybridized carbons (Fsp3) is 1.00. The van der Waals surface area contributed by atoms with Crippen molar-refractivity contribution >= 4 is 0 Å². The van der Waals surface area contributed by atoms with Crippen LogP contribution < -0.4 is 5.73 Å². The van der Waals surface area contributed by atoms with E-state index in [9.17, 15) is 0 Å². The van der Waals surface area contributed by atoms with E-state index >= 15 is 0 Å². The lowest BCUT2D eigenvalue weighted by Crippen LogP contribution is -2.44. The van der Waals surface area contributed by atoms with Gasteiger partial charge in [0, 0.05) is 38.8 Å². The van der Waals surface area contributed by atoms with Gasteiger partial charge in [0.15, 0.2) is 0 Å². The van der Waals surface area contributed by atoms with Gasteiger partial charge in [-0.15, -0.1) is 0 Å². The van der Waals surface area contributed by atoms with Crippen molar-refractivity contribution in [1.82, 2.24) is 9.80 Å². The Morgan fingerprint density at radius 3 is 2.69 bits per heavy atom. The summed E-state index contributed by atoms with van der Waals surface area (Å²) in [7, 11) is 1.76. The first-order chi connectivity index (χ1) is 7.85. The maximum atomic E-state index is 5.80. The molecule has 2 heterocycles. The van der Waals surface area contributed by atoms with Gasteiger partial charge in [0.2, 0.25) is 0 Å². The van der Waals surface area contributed by atoms with E-state index in [4.69, 9.17) is 10.5 Å². The Labute approximate surface area is 98.7 Å². The van der Waals surface area contributed by atoms with Gasteiger partial charge >= 0.3 is 0 Å². The third kappa shape index (κ3) is 2.74. The molecule has 0 bridgehead atoms. The molecule has 4 nitrogen and oxygen atoms in total. The minimum Gasteiger partial charge on any atom is -0.383 e. The second-order valence-corrected chi connectivity index (χ2v) is 5.03. The van der Waals surface area contributed by atoms with E-state index in [1.165, 1.54) is 45.4 Å². The number of ether oxygens (including phenoxy) is 1. The molecular formula is C12H25N3O. The standard InChI is InChI=1S/C12H25N3O/c1-16-10-12(8-13)15-7-4-11(9-15)14-5-2-3-6-14/h11-12H,2-10,13H2,1H3. The molecule has 94 valence electrons. The van der Waals surface area contributed by atoms with E-state index in [1.807, 2.05) is 0 Å². The van der Waals surface area contributed by atoms with Crippen LogP contribution in [-0.4, -0.2) is 68.3 Å². The van der Waals surface area contributed by atoms with Gasteiger partial charge in [-0.05, 0) is 32.4 Å². The Bertz CT molecular complexity index is 206. The van der Waals surface area contributed by atoms with E-state index in [1.54, 1.807) is 7.11 Å². The van der Waals surface area contributed by atoms with Gasteiger partial charge in [-0.2, -0.15) is 0 Å². The number of nitrogens with two attached hydrogens (primary N) is 1. The molecule has 2 saturated heterocycles. The number of nitrogens with zero attached hydrogens (tertiary/aromatic N) is 2. The van der Waals surface area contributed by atoms with Crippen molar-refractivity contribution in [2.75, 3.05) is 46.4 Å². The zero-order valence-corrected chi connectivity index (χ0v) is 10.4. The molecule has 2 aliphatic heterocycles. The minimum atomic E-state index is 0.414. The van der Waals surface area contributed by atoms with Crippen LogP contribution in [0.25, 0.3) is 0 Å². The lowest BCUT2D eigenvalue weighted by Gasteiger charge is -2.28. The van der Waals surface area contributed by atoms with Crippen molar-refractivity contribution < 1.29 is 4.74 Å². The van der Waals surface area contributed by atoms with E-state index in [2.05, 4.69) is 9.80 Å². The van der Waals surface area contributed by atoms with Gasteiger partial charge in [-0.3, -0.25) is 9.80 Å². The third-order valence-corrected chi connectivity index (χ3v) is 4.00. The molecule has 0 aromatic heterocycles. The summed E-state index contributed by atoms with van der Waals surface area (Å²) < 4.78 is 5.23. The Balaban J connectivity index is 1.81. The van der Waals surface area contributed by atoms with E-state index in [0.29, 0.717) is 12.6 Å². The largest absolute Gasteiger partial charge is 0.383 e. The van der Waals surface area contributed by atoms with E-state index in [-0.39, 0.29) is 0 Å². The zero-order valence-electron chi connectivity index (χ0n) is 10.4. The first-order valence-corrected chi connectivity index (χ1v) is 6.52. The fourth-order valence-electron chi connectivity index (χ4n) is 3.02. The van der Waals surface area contributed by atoms with Gasteiger partial charge in [0.1, 0.15) is 0 Å². The summed E-state index contributed by atoms with van der Waals surface area (Å²) in [5.41, 5.74) is 5.80. The molecular weight excluding hydrogens is 202 g/mol. The summed E-state index contributed by atoms with van der Waals surface area (Å²) in [4.78, 5) is 5.16. The van der Waals surface area contributed by atoms with Crippen LogP contribution in [-0.2, 0) is 4.74 Å². The van der Waals surface area contributed by atoms with Crippen LogP contribution in [0.3, 0.4) is 0 Å². The number of hydrogen-bond donors (Lipinski definition) is 1. The molecule has 0 saturated carbocycles. The van der Waals surface area contributed by atoms with Crippen LogP contribution in [0, 0.1) is 0 Å². The van der Waals surface area contributed by atoms with Crippen molar-refractivity contribution in [3.63, 3.8) is 0 Å². The van der Waals surface area contributed by atoms with Gasteiger partial charge < -0.3 is 10.5 Å². The number of likely N-dealkylation sites (tertiary alicyclic amines) is 2. The topological polar surface area (TPSA) is 41.7 Å². The summed E-state index contributed by atoms with van der Waals surface area (Å²) in [5, 5.41) is 0. The van der Waals surface area contributed by atoms with Crippen LogP contribution >= 0.6 is 0 Å². The van der Waals surface area contributed by atoms with Crippen LogP contribution in [0.1, 0.15) is 19.3 Å². The number of rotatable bonds is 5. The molecule has 2 rings (SSSR count). The molecule has 2 aliphatic rings. The highest BCUT2D eigenvalue weighted by atomic mass is 16.5. The lowest BCUT2D eigenvalue weighted by atomic mass is 10.2. The predicted octanol–water partition coefficient (Wildman–Crippen LogP) is 0.130. The molecule has 0 aromatic carbocycles. The summed E-state index contributed by atoms with van der Waals surface area (Å²) in [6, 6.07) is 1.19. The highest BCUT2D eigenvalue weighted by Gasteiger charge is 2.32. The summed E-state index contributed by atoms with van der Waals surface area (Å²) >= 11 is 0. The molecule has 0 aromatic rings. The Kier molecular flexibility index (Phi) is 4.58. The van der Waals surface area contributed by atoms with Crippen LogP contribution in [0.4, 0.5) is 0 Å². The molecule has 16 heavy (non-hydrogen) atoms. The first kappa shape index (κ1) is 12.3. The van der Waals surface area contributed by atoms with Crippen molar-refractivity contribution in [2.24, 2.45) is 5.73 Å². The number of methoxy groups -OCH3 is 1. The van der Waals surface area contributed by atoms with Crippen LogP contribution in [0.15, 0.2) is 0 Å². The molecule has 2 fully saturated rings. The Morgan fingerprint density at radius 2 is 2.06 bits per heavy atom. The summed E-state index contributed by atoms with van der Waals surface area (Å²) in [6.45, 7) is 6.45. The summed E-state index contributed by atoms with van der Waals surface area (Å²) in [6.07, 6.45) is 4.07. The SMILES string of the molecule is COCC(CN)N1CCC(N2CCCC2)C1. The monoisotopic (exact) mass is 227 g/mol. The van der Waals surface area contributed by atoms with Crippen molar-refractivity contribution in [2.45, 2.75) is 31.3 Å². The molecule has 2 unspecified atom stereocenters. The first-order valence-electron chi connectivity index (χ1n) is 6.52. The third-order valence-electron chi connectivity index (χ3n) is 4.00. The highest BCUT2D eigenvalue weighted by molar-refractivity contribution is 4.88. The maximum Gasteiger partial charge on any atom is 0.0630 e. The molecule has 4 heteroatoms. The van der Waals surface area contributed by atoms with Crippen molar-refractivity contribution in [3.05, 3.63) is 0 Å². The average Bonchev–Trinajstić information content (AvgIpc) is 2.95. The smallest absolute Gasteiger partial charge is 0.0630 e. The molecule has 0 amide bonds. The summed E-state index contributed by atoms with van der Waals surface area (Å²) in [5.74, 6) is 0. The van der Waals surface area contributed by atoms with Crippen LogP contribution in [0.5, 0.6) is 0 Å². The molecule has 0 aliphatic carbocycles. The zero-order chi connectivity index (χ0) is 11.4. The van der Waals surface area contributed by atoms with Gasteiger partial charge in [0.25, 0.3) is 0 Å². The molecule has 0 spiro atoms. The highest BCUT2D eigenvalue weighted by Crippen LogP contribution is 2.21. The van der Waals surface area contributed by atoms with Gasteiger partial charge in [0.05, 0.1) is 6.61 Å². The molecule has 0 radical (unpaired) electrons. The second kappa shape index (κ2) is 5.96. The quantitative estimate of drug-likeness (QED) is 0.725. The Hall–Kier alpha value is -0.160. The number of hydrogen-bond acceptors (Lipinski definition) is 4. The minimum absolute atomic E-state index is 0.414. The van der Waals surface area contributed by atoms with Gasteiger partial charge in [-0.25, -0.2) is 0 Å². The molecule has 2 N–H and O–H groups in total. The van der Waals surface area contributed by atoms with E-state index in [0.717, 1.165) is 12.6 Å². The fourth-order valence-corrected chi connectivity index (χ4v) is 3.02. The van der Waals surface area contributed by atoms with Crippen molar-refractivity contribution in [1.29, 1.82) is 0 Å². The normalized spacial score (nSPS) is 30.0.